The molecule has 24 heavy (non-hydrogen) atoms. The van der Waals surface area contributed by atoms with Crippen LogP contribution in [0.25, 0.3) is 0 Å². The van der Waals surface area contributed by atoms with Gasteiger partial charge in [0.25, 0.3) is 0 Å². The molecule has 0 aliphatic carbocycles. The first kappa shape index (κ1) is 18.7. The molecule has 5 heteroatoms. The van der Waals surface area contributed by atoms with Crippen LogP contribution in [-0.4, -0.2) is 69.8 Å². The summed E-state index contributed by atoms with van der Waals surface area (Å²) in [4.78, 5) is 16.1. The molecule has 0 aromatic heterocycles. The van der Waals surface area contributed by atoms with E-state index in [1.165, 1.54) is 5.56 Å². The van der Waals surface area contributed by atoms with Crippen LogP contribution in [0.4, 0.5) is 0 Å². The molecule has 1 fully saturated rings. The Morgan fingerprint density at radius 3 is 2.46 bits per heavy atom. The molecular formula is C19H30N2O3. The van der Waals surface area contributed by atoms with Gasteiger partial charge in [0, 0.05) is 27.2 Å². The van der Waals surface area contributed by atoms with E-state index in [1.807, 2.05) is 19.2 Å². The maximum Gasteiger partial charge on any atom is 0.248 e. The SMILES string of the molecule is COCC(=O)N(C)CC1CCN(CCc2ccc(OC)cc2)CC1. The maximum absolute atomic E-state index is 11.8. The van der Waals surface area contributed by atoms with Gasteiger partial charge in [0.2, 0.25) is 5.91 Å². The Bertz CT molecular complexity index is 496. The Morgan fingerprint density at radius 1 is 1.21 bits per heavy atom. The highest BCUT2D eigenvalue weighted by atomic mass is 16.5. The molecule has 134 valence electrons. The Balaban J connectivity index is 1.67. The van der Waals surface area contributed by atoms with Crippen LogP contribution in [0.1, 0.15) is 18.4 Å². The highest BCUT2D eigenvalue weighted by Gasteiger charge is 2.21. The van der Waals surface area contributed by atoms with Gasteiger partial charge in [0.05, 0.1) is 7.11 Å². The molecule has 2 rings (SSSR count). The number of carbonyl (C=O) groups is 1. The molecule has 0 N–H and O–H groups in total. The minimum atomic E-state index is 0.0689. The van der Waals surface area contributed by atoms with Gasteiger partial charge in [0.15, 0.2) is 0 Å². The number of nitrogens with zero attached hydrogens (tertiary/aromatic N) is 2. The molecule has 1 heterocycles. The second kappa shape index (κ2) is 9.64. The van der Waals surface area contributed by atoms with Crippen molar-refractivity contribution in [3.8, 4) is 5.75 Å². The summed E-state index contributed by atoms with van der Waals surface area (Å²) < 4.78 is 10.1. The van der Waals surface area contributed by atoms with E-state index in [4.69, 9.17) is 9.47 Å². The highest BCUT2D eigenvalue weighted by molar-refractivity contribution is 5.77. The predicted molar refractivity (Wildman–Crippen MR) is 95.4 cm³/mol. The van der Waals surface area contributed by atoms with Crippen LogP contribution in [0.15, 0.2) is 24.3 Å². The van der Waals surface area contributed by atoms with Crippen molar-refractivity contribution in [1.29, 1.82) is 0 Å². The van der Waals surface area contributed by atoms with Gasteiger partial charge in [-0.15, -0.1) is 0 Å². The Kier molecular flexibility index (Phi) is 7.53. The average molecular weight is 334 g/mol. The largest absolute Gasteiger partial charge is 0.497 e. The fourth-order valence-electron chi connectivity index (χ4n) is 3.19. The van der Waals surface area contributed by atoms with E-state index in [0.29, 0.717) is 5.92 Å². The van der Waals surface area contributed by atoms with E-state index in [0.717, 1.165) is 51.2 Å². The molecule has 1 aromatic rings. The summed E-state index contributed by atoms with van der Waals surface area (Å²) in [7, 11) is 5.13. The topological polar surface area (TPSA) is 42.0 Å². The lowest BCUT2D eigenvalue weighted by molar-refractivity contribution is -0.134. The Labute approximate surface area is 145 Å². The quantitative estimate of drug-likeness (QED) is 0.730. The fraction of sp³-hybridized carbons (Fsp3) is 0.632. The smallest absolute Gasteiger partial charge is 0.248 e. The van der Waals surface area contributed by atoms with Crippen LogP contribution in [0, 0.1) is 5.92 Å². The zero-order chi connectivity index (χ0) is 17.4. The van der Waals surface area contributed by atoms with Gasteiger partial charge in [0.1, 0.15) is 12.4 Å². The third-order valence-corrected chi connectivity index (χ3v) is 4.81. The van der Waals surface area contributed by atoms with Crippen molar-refractivity contribution in [2.45, 2.75) is 19.3 Å². The van der Waals surface area contributed by atoms with E-state index >= 15 is 0 Å². The number of methoxy groups -OCH3 is 2. The molecule has 0 unspecified atom stereocenters. The lowest BCUT2D eigenvalue weighted by Crippen LogP contribution is -2.40. The Morgan fingerprint density at radius 2 is 1.88 bits per heavy atom. The van der Waals surface area contributed by atoms with Crippen molar-refractivity contribution >= 4 is 5.91 Å². The number of hydrogen-bond donors (Lipinski definition) is 0. The maximum atomic E-state index is 11.8. The van der Waals surface area contributed by atoms with Crippen molar-refractivity contribution in [3.63, 3.8) is 0 Å². The molecule has 1 saturated heterocycles. The normalized spacial score (nSPS) is 16.1. The first-order chi connectivity index (χ1) is 11.6. The van der Waals surface area contributed by atoms with E-state index < -0.39 is 0 Å². The molecule has 1 aromatic carbocycles. The lowest BCUT2D eigenvalue weighted by atomic mass is 9.96. The molecule has 0 bridgehead atoms. The molecule has 1 aliphatic heterocycles. The summed E-state index contributed by atoms with van der Waals surface area (Å²) in [6.07, 6.45) is 3.39. The van der Waals surface area contributed by atoms with E-state index in [2.05, 4.69) is 17.0 Å². The van der Waals surface area contributed by atoms with E-state index in [-0.39, 0.29) is 12.5 Å². The first-order valence-corrected chi connectivity index (χ1v) is 8.70. The molecule has 0 saturated carbocycles. The number of likely N-dealkylation sites (N-methyl/N-ethyl adjacent to an activating group) is 1. The summed E-state index contributed by atoms with van der Waals surface area (Å²) in [6, 6.07) is 8.33. The molecule has 1 amide bonds. The number of benzene rings is 1. The number of rotatable bonds is 8. The molecule has 5 nitrogen and oxygen atoms in total. The van der Waals surface area contributed by atoms with Crippen molar-refractivity contribution in [3.05, 3.63) is 29.8 Å². The number of hydrogen-bond acceptors (Lipinski definition) is 4. The molecular weight excluding hydrogens is 304 g/mol. The van der Waals surface area contributed by atoms with Crippen molar-refractivity contribution in [2.75, 3.05) is 54.1 Å². The summed E-state index contributed by atoms with van der Waals surface area (Å²) in [5, 5.41) is 0. The predicted octanol–water partition coefficient (Wildman–Crippen LogP) is 2.05. The zero-order valence-corrected chi connectivity index (χ0v) is 15.2. The molecule has 0 atom stereocenters. The van der Waals surface area contributed by atoms with Gasteiger partial charge in [-0.1, -0.05) is 12.1 Å². The molecule has 0 radical (unpaired) electrons. The van der Waals surface area contributed by atoms with Crippen molar-refractivity contribution < 1.29 is 14.3 Å². The van der Waals surface area contributed by atoms with Gasteiger partial charge in [-0.05, 0) is 56.0 Å². The first-order valence-electron chi connectivity index (χ1n) is 8.70. The number of piperidine rings is 1. The Hall–Kier alpha value is -1.59. The van der Waals surface area contributed by atoms with Crippen molar-refractivity contribution in [1.82, 2.24) is 9.80 Å². The second-order valence-corrected chi connectivity index (χ2v) is 6.59. The van der Waals surface area contributed by atoms with Crippen LogP contribution < -0.4 is 4.74 Å². The summed E-state index contributed by atoms with van der Waals surface area (Å²) in [5.41, 5.74) is 1.35. The average Bonchev–Trinajstić information content (AvgIpc) is 2.61. The van der Waals surface area contributed by atoms with Crippen LogP contribution in [0.3, 0.4) is 0 Å². The van der Waals surface area contributed by atoms with E-state index in [9.17, 15) is 4.79 Å². The summed E-state index contributed by atoms with van der Waals surface area (Å²) >= 11 is 0. The van der Waals surface area contributed by atoms with Crippen LogP contribution in [0.5, 0.6) is 5.75 Å². The van der Waals surface area contributed by atoms with Crippen LogP contribution >= 0.6 is 0 Å². The number of likely N-dealkylation sites (tertiary alicyclic amines) is 1. The number of carbonyl (C=O) groups excluding carboxylic acids is 1. The van der Waals surface area contributed by atoms with Crippen LogP contribution in [0.2, 0.25) is 0 Å². The standard InChI is InChI=1S/C19H30N2O3/c1-20(19(22)15-23-2)14-17-9-12-21(13-10-17)11-8-16-4-6-18(24-3)7-5-16/h4-7,17H,8-15H2,1-3H3. The summed E-state index contributed by atoms with van der Waals surface area (Å²) in [6.45, 7) is 4.35. The minimum Gasteiger partial charge on any atom is -0.497 e. The van der Waals surface area contributed by atoms with Gasteiger partial charge < -0.3 is 19.3 Å². The molecule has 1 aliphatic rings. The van der Waals surface area contributed by atoms with Gasteiger partial charge >= 0.3 is 0 Å². The third-order valence-electron chi connectivity index (χ3n) is 4.81. The highest BCUT2D eigenvalue weighted by Crippen LogP contribution is 2.19. The zero-order valence-electron chi connectivity index (χ0n) is 15.2. The van der Waals surface area contributed by atoms with Gasteiger partial charge in [-0.2, -0.15) is 0 Å². The van der Waals surface area contributed by atoms with Crippen molar-refractivity contribution in [2.24, 2.45) is 5.92 Å². The van der Waals surface area contributed by atoms with Gasteiger partial charge in [-0.3, -0.25) is 4.79 Å². The summed E-state index contributed by atoms with van der Waals surface area (Å²) in [5.74, 6) is 1.58. The fourth-order valence-corrected chi connectivity index (χ4v) is 3.19. The lowest BCUT2D eigenvalue weighted by Gasteiger charge is -2.33. The molecule has 0 spiro atoms. The van der Waals surface area contributed by atoms with E-state index in [1.54, 1.807) is 19.1 Å². The van der Waals surface area contributed by atoms with Gasteiger partial charge in [-0.25, -0.2) is 0 Å². The number of ether oxygens (including phenoxy) is 2. The third kappa shape index (κ3) is 5.80. The monoisotopic (exact) mass is 334 g/mol. The number of amides is 1. The second-order valence-electron chi connectivity index (χ2n) is 6.59. The minimum absolute atomic E-state index is 0.0689. The van der Waals surface area contributed by atoms with Crippen LogP contribution in [-0.2, 0) is 16.0 Å².